The fraction of sp³-hybridized carbons (Fsp3) is 0.636. The molecule has 3 heteroatoms. The van der Waals surface area contributed by atoms with Crippen LogP contribution in [-0.4, -0.2) is 24.4 Å². The summed E-state index contributed by atoms with van der Waals surface area (Å²) in [6.07, 6.45) is 3.82. The van der Waals surface area contributed by atoms with Crippen LogP contribution in [0.4, 0.5) is 0 Å². The van der Waals surface area contributed by atoms with Gasteiger partial charge in [0.2, 0.25) is 5.91 Å². The second-order valence-corrected chi connectivity index (χ2v) is 4.37. The van der Waals surface area contributed by atoms with E-state index >= 15 is 0 Å². The third-order valence-corrected chi connectivity index (χ3v) is 1.66. The Morgan fingerprint density at radius 2 is 2.07 bits per heavy atom. The van der Waals surface area contributed by atoms with E-state index in [0.29, 0.717) is 13.0 Å². The van der Waals surface area contributed by atoms with E-state index in [0.717, 1.165) is 0 Å². The molecule has 1 amide bonds. The minimum absolute atomic E-state index is 0.0196. The molecule has 0 N–H and O–H groups in total. The van der Waals surface area contributed by atoms with Gasteiger partial charge >= 0.3 is 0 Å². The van der Waals surface area contributed by atoms with Crippen molar-refractivity contribution < 1.29 is 4.79 Å². The molecule has 78 valence electrons. The molecule has 0 unspecified atom stereocenters. The number of likely N-dealkylation sites (N-methyl/N-ethyl adjacent to an activating group) is 1. The van der Waals surface area contributed by atoms with Gasteiger partial charge in [-0.1, -0.05) is 26.8 Å². The van der Waals surface area contributed by atoms with Crippen molar-refractivity contribution >= 4 is 5.91 Å². The van der Waals surface area contributed by atoms with Crippen molar-refractivity contribution in [2.75, 3.05) is 13.6 Å². The van der Waals surface area contributed by atoms with Gasteiger partial charge in [-0.3, -0.25) is 4.79 Å². The van der Waals surface area contributed by atoms with Gasteiger partial charge in [0.25, 0.3) is 0 Å². The first-order valence-corrected chi connectivity index (χ1v) is 4.68. The second-order valence-electron chi connectivity index (χ2n) is 4.37. The summed E-state index contributed by atoms with van der Waals surface area (Å²) in [5.41, 5.74) is 0.0196. The van der Waals surface area contributed by atoms with Gasteiger partial charge in [-0.25, -0.2) is 0 Å². The predicted octanol–water partition coefficient (Wildman–Crippen LogP) is 1.96. The molecule has 0 saturated heterocycles. The molecule has 0 heterocycles. The van der Waals surface area contributed by atoms with Crippen LogP contribution in [0.15, 0.2) is 12.2 Å². The van der Waals surface area contributed by atoms with Crippen LogP contribution in [0.25, 0.3) is 0 Å². The maximum Gasteiger partial charge on any atom is 0.246 e. The van der Waals surface area contributed by atoms with Gasteiger partial charge in [-0.2, -0.15) is 5.26 Å². The van der Waals surface area contributed by atoms with Crippen molar-refractivity contribution in [2.45, 2.75) is 27.2 Å². The quantitative estimate of drug-likeness (QED) is 0.645. The molecule has 0 aliphatic carbocycles. The maximum absolute atomic E-state index is 11.4. The standard InChI is InChI=1S/C11H18N2O/c1-11(2,3)7-6-10(14)13(4)9-5-8-12/h6-7H,5,9H2,1-4H3/b7-6+. The van der Waals surface area contributed by atoms with Gasteiger partial charge in [0.15, 0.2) is 0 Å². The largest absolute Gasteiger partial charge is 0.341 e. The van der Waals surface area contributed by atoms with Crippen molar-refractivity contribution in [3.05, 3.63) is 12.2 Å². The summed E-state index contributed by atoms with van der Waals surface area (Å²) in [6, 6.07) is 2.01. The molecule has 0 aromatic heterocycles. The Morgan fingerprint density at radius 1 is 1.50 bits per heavy atom. The minimum Gasteiger partial charge on any atom is -0.341 e. The third kappa shape index (κ3) is 6.24. The van der Waals surface area contributed by atoms with E-state index in [9.17, 15) is 4.79 Å². The predicted molar refractivity (Wildman–Crippen MR) is 56.5 cm³/mol. The normalized spacial score (nSPS) is 11.4. The van der Waals surface area contributed by atoms with E-state index < -0.39 is 0 Å². The van der Waals surface area contributed by atoms with Crippen LogP contribution in [0.3, 0.4) is 0 Å². The molecule has 0 fully saturated rings. The van der Waals surface area contributed by atoms with Crippen LogP contribution in [0.1, 0.15) is 27.2 Å². The smallest absolute Gasteiger partial charge is 0.246 e. The SMILES string of the molecule is CN(CCC#N)C(=O)/C=C/C(C)(C)C. The van der Waals surface area contributed by atoms with E-state index in [1.807, 2.05) is 32.9 Å². The molecule has 0 saturated carbocycles. The Hall–Kier alpha value is -1.30. The Bertz CT molecular complexity index is 255. The lowest BCUT2D eigenvalue weighted by molar-refractivity contribution is -0.124. The summed E-state index contributed by atoms with van der Waals surface area (Å²) in [7, 11) is 1.70. The Labute approximate surface area is 86.0 Å². The lowest BCUT2D eigenvalue weighted by Crippen LogP contribution is -2.25. The van der Waals surface area contributed by atoms with Crippen molar-refractivity contribution in [1.82, 2.24) is 4.90 Å². The zero-order valence-corrected chi connectivity index (χ0v) is 9.37. The molecular formula is C11H18N2O. The molecule has 0 radical (unpaired) electrons. The van der Waals surface area contributed by atoms with Crippen molar-refractivity contribution in [3.8, 4) is 6.07 Å². The first-order chi connectivity index (χ1) is 6.37. The molecule has 3 nitrogen and oxygen atoms in total. The number of allylic oxidation sites excluding steroid dienone is 1. The number of nitrogens with zero attached hydrogens (tertiary/aromatic N) is 2. The highest BCUT2D eigenvalue weighted by Gasteiger charge is 2.08. The van der Waals surface area contributed by atoms with Crippen LogP contribution >= 0.6 is 0 Å². The van der Waals surface area contributed by atoms with Crippen molar-refractivity contribution in [2.24, 2.45) is 5.41 Å². The number of carbonyl (C=O) groups is 1. The van der Waals surface area contributed by atoms with E-state index in [-0.39, 0.29) is 11.3 Å². The van der Waals surface area contributed by atoms with Crippen LogP contribution in [0.2, 0.25) is 0 Å². The highest BCUT2D eigenvalue weighted by atomic mass is 16.2. The van der Waals surface area contributed by atoms with Crippen LogP contribution in [-0.2, 0) is 4.79 Å². The highest BCUT2D eigenvalue weighted by molar-refractivity contribution is 5.87. The van der Waals surface area contributed by atoms with E-state index in [1.54, 1.807) is 18.0 Å². The van der Waals surface area contributed by atoms with Gasteiger partial charge in [-0.15, -0.1) is 0 Å². The zero-order chi connectivity index (χ0) is 11.2. The van der Waals surface area contributed by atoms with Gasteiger partial charge < -0.3 is 4.90 Å². The number of hydrogen-bond donors (Lipinski definition) is 0. The van der Waals surface area contributed by atoms with E-state index in [2.05, 4.69) is 0 Å². The van der Waals surface area contributed by atoms with Crippen molar-refractivity contribution in [1.29, 1.82) is 5.26 Å². The Kier molecular flexibility index (Phi) is 4.93. The Morgan fingerprint density at radius 3 is 2.50 bits per heavy atom. The fourth-order valence-electron chi connectivity index (χ4n) is 0.776. The lowest BCUT2D eigenvalue weighted by Gasteiger charge is -2.15. The molecule has 0 rings (SSSR count). The molecule has 0 atom stereocenters. The molecule has 0 aromatic rings. The fourth-order valence-corrected chi connectivity index (χ4v) is 0.776. The number of nitriles is 1. The monoisotopic (exact) mass is 194 g/mol. The number of rotatable bonds is 3. The average molecular weight is 194 g/mol. The van der Waals surface area contributed by atoms with Crippen LogP contribution < -0.4 is 0 Å². The van der Waals surface area contributed by atoms with Gasteiger partial charge in [0.1, 0.15) is 0 Å². The summed E-state index contributed by atoms with van der Waals surface area (Å²) in [4.78, 5) is 13.0. The van der Waals surface area contributed by atoms with Crippen molar-refractivity contribution in [3.63, 3.8) is 0 Å². The molecular weight excluding hydrogens is 176 g/mol. The first kappa shape index (κ1) is 12.7. The second kappa shape index (κ2) is 5.43. The molecule has 0 aliphatic heterocycles. The molecule has 0 aliphatic rings. The van der Waals surface area contributed by atoms with Gasteiger partial charge in [0.05, 0.1) is 12.5 Å². The summed E-state index contributed by atoms with van der Waals surface area (Å²) < 4.78 is 0. The number of carbonyl (C=O) groups excluding carboxylic acids is 1. The summed E-state index contributed by atoms with van der Waals surface area (Å²) >= 11 is 0. The molecule has 0 aromatic carbocycles. The summed E-state index contributed by atoms with van der Waals surface area (Å²) in [5, 5.41) is 8.35. The minimum atomic E-state index is -0.0461. The van der Waals surface area contributed by atoms with E-state index in [1.165, 1.54) is 0 Å². The highest BCUT2D eigenvalue weighted by Crippen LogP contribution is 2.14. The van der Waals surface area contributed by atoms with Gasteiger partial charge in [0, 0.05) is 13.6 Å². The topological polar surface area (TPSA) is 44.1 Å². The molecule has 0 spiro atoms. The molecule has 14 heavy (non-hydrogen) atoms. The van der Waals surface area contributed by atoms with E-state index in [4.69, 9.17) is 5.26 Å². The summed E-state index contributed by atoms with van der Waals surface area (Å²) in [6.45, 7) is 6.59. The number of amides is 1. The van der Waals surface area contributed by atoms with Crippen LogP contribution in [0.5, 0.6) is 0 Å². The average Bonchev–Trinajstić information content (AvgIpc) is 2.09. The number of hydrogen-bond acceptors (Lipinski definition) is 2. The third-order valence-electron chi connectivity index (χ3n) is 1.66. The van der Waals surface area contributed by atoms with Crippen LogP contribution in [0, 0.1) is 16.7 Å². The van der Waals surface area contributed by atoms with Gasteiger partial charge in [-0.05, 0) is 11.5 Å². The molecule has 0 bridgehead atoms. The Balaban J connectivity index is 4.09. The first-order valence-electron chi connectivity index (χ1n) is 4.68. The lowest BCUT2D eigenvalue weighted by atomic mass is 9.96. The zero-order valence-electron chi connectivity index (χ0n) is 9.37. The maximum atomic E-state index is 11.4. The summed E-state index contributed by atoms with van der Waals surface area (Å²) in [5.74, 6) is -0.0461.